The highest BCUT2D eigenvalue weighted by atomic mass is 35.5. The molecule has 7 nitrogen and oxygen atoms in total. The summed E-state index contributed by atoms with van der Waals surface area (Å²) >= 11 is 7.66. The number of nitrogens with two attached hydrogens (primary N) is 1. The molecule has 4 N–H and O–H groups in total. The Morgan fingerprint density at radius 1 is 1.29 bits per heavy atom. The molecular weight excluding hydrogens is 484 g/mol. The summed E-state index contributed by atoms with van der Waals surface area (Å²) in [5.74, 6) is 1.30. The number of halogens is 1. The molecule has 2 aromatic carbocycles. The maximum Gasteiger partial charge on any atom is 0.262 e. The van der Waals surface area contributed by atoms with Crippen molar-refractivity contribution in [3.05, 3.63) is 64.0 Å². The maximum atomic E-state index is 12.2. The van der Waals surface area contributed by atoms with Crippen LogP contribution < -0.4 is 30.7 Å². The van der Waals surface area contributed by atoms with Crippen molar-refractivity contribution in [2.75, 3.05) is 36.6 Å². The third kappa shape index (κ3) is 5.19. The predicted octanol–water partition coefficient (Wildman–Crippen LogP) is 5.54. The number of carbonyl (C=O) groups excluding carboxylic acids is 1. The number of ether oxygens (including phenoxy) is 2. The standard InChI is InChI=1S/C26H29ClN4O3S/c1-16(19-6-2-3-7-20(19)27)34-23-12-24(35-25(23)26(28)32)31-15-30-21-9-8-18(11-22(21)31)33-14-17-5-4-10-29-13-17/h2-3,6-9,11-12,16-17,29-30H,4-5,10,13-15H2,1H3,(H2,28,32)/t16-,17-/m1/s1. The molecule has 5 rings (SSSR count). The minimum absolute atomic E-state index is 0.345. The van der Waals surface area contributed by atoms with Crippen molar-refractivity contribution >= 4 is 45.2 Å². The molecule has 0 saturated carbocycles. The lowest BCUT2D eigenvalue weighted by atomic mass is 10.0. The van der Waals surface area contributed by atoms with Gasteiger partial charge in [-0.1, -0.05) is 29.8 Å². The van der Waals surface area contributed by atoms with Crippen LogP contribution in [0.15, 0.2) is 48.5 Å². The quantitative estimate of drug-likeness (QED) is 0.367. The van der Waals surface area contributed by atoms with Crippen LogP contribution in [0.4, 0.5) is 16.4 Å². The van der Waals surface area contributed by atoms with Gasteiger partial charge in [0.15, 0.2) is 0 Å². The molecule has 1 saturated heterocycles. The van der Waals surface area contributed by atoms with Gasteiger partial charge in [0.25, 0.3) is 5.91 Å². The van der Waals surface area contributed by atoms with Gasteiger partial charge in [-0.2, -0.15) is 0 Å². The molecule has 3 heterocycles. The lowest BCUT2D eigenvalue weighted by Gasteiger charge is -2.23. The van der Waals surface area contributed by atoms with Crippen LogP contribution in [0.2, 0.25) is 5.02 Å². The van der Waals surface area contributed by atoms with Gasteiger partial charge in [-0.25, -0.2) is 0 Å². The third-order valence-electron chi connectivity index (χ3n) is 6.39. The molecule has 1 fully saturated rings. The van der Waals surface area contributed by atoms with Crippen molar-refractivity contribution in [1.82, 2.24) is 5.32 Å². The predicted molar refractivity (Wildman–Crippen MR) is 141 cm³/mol. The molecule has 2 atom stereocenters. The summed E-state index contributed by atoms with van der Waals surface area (Å²) in [7, 11) is 0. The Labute approximate surface area is 214 Å². The van der Waals surface area contributed by atoms with E-state index in [0.717, 1.165) is 40.8 Å². The number of nitrogens with zero attached hydrogens (tertiary/aromatic N) is 1. The summed E-state index contributed by atoms with van der Waals surface area (Å²) in [6.45, 7) is 5.26. The first-order valence-electron chi connectivity index (χ1n) is 11.8. The second kappa shape index (κ2) is 10.4. The number of rotatable bonds is 8. The van der Waals surface area contributed by atoms with Gasteiger partial charge in [-0.3, -0.25) is 4.79 Å². The summed E-state index contributed by atoms with van der Waals surface area (Å²) in [5, 5.41) is 8.31. The molecule has 184 valence electrons. The smallest absolute Gasteiger partial charge is 0.262 e. The number of amides is 1. The van der Waals surface area contributed by atoms with Gasteiger partial charge in [0.1, 0.15) is 27.5 Å². The number of benzene rings is 2. The van der Waals surface area contributed by atoms with Crippen molar-refractivity contribution in [3.63, 3.8) is 0 Å². The van der Waals surface area contributed by atoms with Crippen LogP contribution in [0.25, 0.3) is 0 Å². The van der Waals surface area contributed by atoms with E-state index < -0.39 is 5.91 Å². The zero-order valence-corrected chi connectivity index (χ0v) is 21.1. The number of anilines is 3. The second-order valence-electron chi connectivity index (χ2n) is 8.89. The molecular formula is C26H29ClN4O3S. The molecule has 0 aliphatic carbocycles. The maximum absolute atomic E-state index is 12.2. The molecule has 35 heavy (non-hydrogen) atoms. The van der Waals surface area contributed by atoms with Crippen molar-refractivity contribution in [2.45, 2.75) is 25.9 Å². The normalized spacial score (nSPS) is 18.0. The summed E-state index contributed by atoms with van der Waals surface area (Å²) in [6.07, 6.45) is 2.03. The van der Waals surface area contributed by atoms with Crippen molar-refractivity contribution in [1.29, 1.82) is 0 Å². The largest absolute Gasteiger partial charge is 0.493 e. The summed E-state index contributed by atoms with van der Waals surface area (Å²) < 4.78 is 12.3. The second-order valence-corrected chi connectivity index (χ2v) is 10.3. The molecule has 1 amide bonds. The molecule has 0 radical (unpaired) electrons. The molecule has 1 aromatic heterocycles. The van der Waals surface area contributed by atoms with Crippen molar-refractivity contribution < 1.29 is 14.3 Å². The molecule has 3 aromatic rings. The van der Waals surface area contributed by atoms with E-state index in [9.17, 15) is 4.79 Å². The first kappa shape index (κ1) is 23.8. The van der Waals surface area contributed by atoms with Crippen LogP contribution in [0.5, 0.6) is 11.5 Å². The Balaban J connectivity index is 1.36. The number of primary amides is 1. The number of nitrogens with one attached hydrogen (secondary N) is 2. The average molecular weight is 513 g/mol. The topological polar surface area (TPSA) is 88.8 Å². The van der Waals surface area contributed by atoms with Gasteiger partial charge in [0.05, 0.1) is 24.7 Å². The van der Waals surface area contributed by atoms with Gasteiger partial charge in [0.2, 0.25) is 0 Å². The van der Waals surface area contributed by atoms with E-state index in [-0.39, 0.29) is 6.10 Å². The van der Waals surface area contributed by atoms with Crippen LogP contribution >= 0.6 is 22.9 Å². The lowest BCUT2D eigenvalue weighted by molar-refractivity contribution is 0.0998. The minimum Gasteiger partial charge on any atom is -0.493 e. The highest BCUT2D eigenvalue weighted by molar-refractivity contribution is 7.18. The van der Waals surface area contributed by atoms with Gasteiger partial charge >= 0.3 is 0 Å². The van der Waals surface area contributed by atoms with E-state index in [4.69, 9.17) is 26.8 Å². The number of fused-ring (bicyclic) bond motifs is 1. The minimum atomic E-state index is -0.520. The van der Waals surface area contributed by atoms with E-state index in [0.29, 0.717) is 34.8 Å². The Bertz CT molecular complexity index is 1210. The van der Waals surface area contributed by atoms with Gasteiger partial charge in [-0.15, -0.1) is 11.3 Å². The first-order valence-corrected chi connectivity index (χ1v) is 13.0. The average Bonchev–Trinajstić information content (AvgIpc) is 3.47. The van der Waals surface area contributed by atoms with E-state index in [1.165, 1.54) is 24.2 Å². The van der Waals surface area contributed by atoms with Crippen molar-refractivity contribution in [3.8, 4) is 11.5 Å². The fourth-order valence-electron chi connectivity index (χ4n) is 4.51. The van der Waals surface area contributed by atoms with Crippen LogP contribution in [0.1, 0.15) is 41.1 Å². The fraction of sp³-hybridized carbons (Fsp3) is 0.346. The molecule has 0 unspecified atom stereocenters. The summed E-state index contributed by atoms with van der Waals surface area (Å²) in [6, 6.07) is 15.5. The number of thiophene rings is 1. The highest BCUT2D eigenvalue weighted by Gasteiger charge is 2.27. The number of hydrogen-bond donors (Lipinski definition) is 3. The zero-order valence-electron chi connectivity index (χ0n) is 19.6. The van der Waals surface area contributed by atoms with E-state index in [1.807, 2.05) is 55.5 Å². The fourth-order valence-corrected chi connectivity index (χ4v) is 5.76. The number of piperidine rings is 1. The van der Waals surface area contributed by atoms with E-state index in [2.05, 4.69) is 15.5 Å². The van der Waals surface area contributed by atoms with Crippen molar-refractivity contribution in [2.24, 2.45) is 11.7 Å². The Hall–Kier alpha value is -2.94. The molecule has 0 spiro atoms. The third-order valence-corrected chi connectivity index (χ3v) is 7.89. The van der Waals surface area contributed by atoms with Crippen LogP contribution in [-0.2, 0) is 0 Å². The Morgan fingerprint density at radius 3 is 2.91 bits per heavy atom. The molecule has 0 bridgehead atoms. The van der Waals surface area contributed by atoms with Gasteiger partial charge in [0, 0.05) is 35.2 Å². The highest BCUT2D eigenvalue weighted by Crippen LogP contribution is 2.45. The number of carbonyl (C=O) groups is 1. The monoisotopic (exact) mass is 512 g/mol. The van der Waals surface area contributed by atoms with Gasteiger partial charge < -0.3 is 30.7 Å². The molecule has 2 aliphatic rings. The first-order chi connectivity index (χ1) is 17.0. The molecule has 9 heteroatoms. The number of hydrogen-bond acceptors (Lipinski definition) is 7. The summed E-state index contributed by atoms with van der Waals surface area (Å²) in [4.78, 5) is 14.7. The lowest BCUT2D eigenvalue weighted by Crippen LogP contribution is -2.33. The molecule has 2 aliphatic heterocycles. The SMILES string of the molecule is C[C@@H](Oc1cc(N2CNc3ccc(OC[C@@H]4CCCNC4)cc32)sc1C(N)=O)c1ccccc1Cl. The Kier molecular flexibility index (Phi) is 7.04. The Morgan fingerprint density at radius 2 is 2.14 bits per heavy atom. The van der Waals surface area contributed by atoms with E-state index >= 15 is 0 Å². The van der Waals surface area contributed by atoms with Gasteiger partial charge in [-0.05, 0) is 44.5 Å². The van der Waals surface area contributed by atoms with Crippen LogP contribution in [0.3, 0.4) is 0 Å². The van der Waals surface area contributed by atoms with Crippen LogP contribution in [-0.4, -0.2) is 32.3 Å². The zero-order chi connectivity index (χ0) is 24.4. The van der Waals surface area contributed by atoms with Crippen LogP contribution in [0, 0.1) is 5.92 Å². The summed E-state index contributed by atoms with van der Waals surface area (Å²) in [5.41, 5.74) is 8.56. The van der Waals surface area contributed by atoms with E-state index in [1.54, 1.807) is 0 Å².